The molecule has 0 bridgehead atoms. The second kappa shape index (κ2) is 4.87. The van der Waals surface area contributed by atoms with Gasteiger partial charge in [0.05, 0.1) is 0 Å². The Bertz CT molecular complexity index is 611. The topological polar surface area (TPSA) is 20.2 Å². The SMILES string of the molecule is OC1(c2ccccc2)CC=CC=C1c1ccccc1. The van der Waals surface area contributed by atoms with Crippen molar-refractivity contribution in [2.45, 2.75) is 12.0 Å². The van der Waals surface area contributed by atoms with Crippen molar-refractivity contribution >= 4 is 5.57 Å². The molecule has 0 radical (unpaired) electrons. The van der Waals surface area contributed by atoms with Crippen molar-refractivity contribution in [1.82, 2.24) is 0 Å². The molecule has 1 heteroatoms. The number of rotatable bonds is 2. The minimum Gasteiger partial charge on any atom is -0.380 e. The second-order valence-corrected chi connectivity index (χ2v) is 4.80. The lowest BCUT2D eigenvalue weighted by Crippen LogP contribution is -2.28. The summed E-state index contributed by atoms with van der Waals surface area (Å²) in [4.78, 5) is 0. The Morgan fingerprint density at radius 1 is 0.842 bits per heavy atom. The molecule has 1 unspecified atom stereocenters. The van der Waals surface area contributed by atoms with E-state index in [2.05, 4.69) is 0 Å². The van der Waals surface area contributed by atoms with Gasteiger partial charge in [-0.1, -0.05) is 78.9 Å². The second-order valence-electron chi connectivity index (χ2n) is 4.80. The number of hydrogen-bond donors (Lipinski definition) is 1. The number of benzene rings is 2. The van der Waals surface area contributed by atoms with Gasteiger partial charge in [-0.3, -0.25) is 0 Å². The molecule has 1 nitrogen and oxygen atoms in total. The highest BCUT2D eigenvalue weighted by Gasteiger charge is 2.34. The lowest BCUT2D eigenvalue weighted by atomic mass is 9.77. The van der Waals surface area contributed by atoms with Crippen LogP contribution < -0.4 is 0 Å². The molecule has 0 saturated carbocycles. The fraction of sp³-hybridized carbons (Fsp3) is 0.111. The molecule has 19 heavy (non-hydrogen) atoms. The fourth-order valence-corrected chi connectivity index (χ4v) is 2.59. The zero-order chi connectivity index (χ0) is 13.1. The van der Waals surface area contributed by atoms with Crippen LogP contribution in [-0.4, -0.2) is 5.11 Å². The zero-order valence-corrected chi connectivity index (χ0v) is 10.7. The van der Waals surface area contributed by atoms with E-state index in [4.69, 9.17) is 0 Å². The molecule has 1 atom stereocenters. The van der Waals surface area contributed by atoms with Gasteiger partial charge in [-0.25, -0.2) is 0 Å². The van der Waals surface area contributed by atoms with Crippen molar-refractivity contribution in [2.24, 2.45) is 0 Å². The normalized spacial score (nSPS) is 22.1. The first-order chi connectivity index (χ1) is 9.31. The van der Waals surface area contributed by atoms with Gasteiger partial charge in [-0.05, 0) is 16.7 Å². The van der Waals surface area contributed by atoms with Gasteiger partial charge in [0.15, 0.2) is 0 Å². The molecule has 1 N–H and O–H groups in total. The zero-order valence-electron chi connectivity index (χ0n) is 10.7. The van der Waals surface area contributed by atoms with Crippen LogP contribution in [-0.2, 0) is 5.60 Å². The Morgan fingerprint density at radius 3 is 2.16 bits per heavy atom. The fourth-order valence-electron chi connectivity index (χ4n) is 2.59. The molecule has 0 heterocycles. The Kier molecular flexibility index (Phi) is 3.06. The third-order valence-electron chi connectivity index (χ3n) is 3.59. The molecule has 1 aliphatic carbocycles. The molecule has 0 aliphatic heterocycles. The first-order valence-corrected chi connectivity index (χ1v) is 6.51. The maximum Gasteiger partial charge on any atom is 0.119 e. The van der Waals surface area contributed by atoms with E-state index in [0.717, 1.165) is 16.7 Å². The van der Waals surface area contributed by atoms with Crippen molar-refractivity contribution in [3.8, 4) is 0 Å². The van der Waals surface area contributed by atoms with E-state index in [-0.39, 0.29) is 0 Å². The molecular weight excluding hydrogens is 232 g/mol. The standard InChI is InChI=1S/C18H16O/c19-18(16-11-5-2-6-12-16)14-8-7-13-17(18)15-9-3-1-4-10-15/h1-13,19H,14H2. The lowest BCUT2D eigenvalue weighted by Gasteiger charge is -2.32. The summed E-state index contributed by atoms with van der Waals surface area (Å²) in [5.74, 6) is 0. The van der Waals surface area contributed by atoms with Gasteiger partial charge in [-0.15, -0.1) is 0 Å². The monoisotopic (exact) mass is 248 g/mol. The maximum atomic E-state index is 11.1. The molecule has 1 aliphatic rings. The Morgan fingerprint density at radius 2 is 1.47 bits per heavy atom. The summed E-state index contributed by atoms with van der Waals surface area (Å²) >= 11 is 0. The van der Waals surface area contributed by atoms with Gasteiger partial charge in [0.2, 0.25) is 0 Å². The van der Waals surface area contributed by atoms with Crippen molar-refractivity contribution in [3.63, 3.8) is 0 Å². The van der Waals surface area contributed by atoms with Gasteiger partial charge in [0.1, 0.15) is 5.60 Å². The predicted molar refractivity (Wildman–Crippen MR) is 78.5 cm³/mol. The minimum absolute atomic E-state index is 0.609. The van der Waals surface area contributed by atoms with Crippen molar-refractivity contribution < 1.29 is 5.11 Å². The molecule has 94 valence electrons. The van der Waals surface area contributed by atoms with Crippen LogP contribution in [0.15, 0.2) is 78.9 Å². The van der Waals surface area contributed by atoms with E-state index in [9.17, 15) is 5.11 Å². The van der Waals surface area contributed by atoms with Crippen molar-refractivity contribution in [3.05, 3.63) is 90.0 Å². The Hall–Kier alpha value is -2.12. The molecule has 2 aromatic rings. The predicted octanol–water partition coefficient (Wildman–Crippen LogP) is 3.92. The van der Waals surface area contributed by atoms with E-state index in [1.54, 1.807) is 0 Å². The summed E-state index contributed by atoms with van der Waals surface area (Å²) in [5, 5.41) is 11.1. The average Bonchev–Trinajstić information content (AvgIpc) is 2.49. The third kappa shape index (κ3) is 2.13. The Labute approximate surface area is 113 Å². The molecule has 0 amide bonds. The molecule has 2 aromatic carbocycles. The van der Waals surface area contributed by atoms with Gasteiger partial charge in [-0.2, -0.15) is 0 Å². The summed E-state index contributed by atoms with van der Waals surface area (Å²) in [5.41, 5.74) is 2.03. The number of allylic oxidation sites excluding steroid dienone is 2. The summed E-state index contributed by atoms with van der Waals surface area (Å²) in [6.07, 6.45) is 6.64. The third-order valence-corrected chi connectivity index (χ3v) is 3.59. The van der Waals surface area contributed by atoms with Gasteiger partial charge in [0, 0.05) is 6.42 Å². The van der Waals surface area contributed by atoms with Crippen LogP contribution in [0.2, 0.25) is 0 Å². The highest BCUT2D eigenvalue weighted by atomic mass is 16.3. The van der Waals surface area contributed by atoms with E-state index in [1.807, 2.05) is 78.9 Å². The van der Waals surface area contributed by atoms with E-state index in [0.29, 0.717) is 6.42 Å². The van der Waals surface area contributed by atoms with Crippen LogP contribution >= 0.6 is 0 Å². The van der Waals surface area contributed by atoms with Crippen LogP contribution in [0.5, 0.6) is 0 Å². The van der Waals surface area contributed by atoms with E-state index in [1.165, 1.54) is 0 Å². The molecule has 0 saturated heterocycles. The van der Waals surface area contributed by atoms with Crippen LogP contribution in [0, 0.1) is 0 Å². The maximum absolute atomic E-state index is 11.1. The lowest BCUT2D eigenvalue weighted by molar-refractivity contribution is 0.103. The smallest absolute Gasteiger partial charge is 0.119 e. The molecule has 0 spiro atoms. The largest absolute Gasteiger partial charge is 0.380 e. The molecule has 3 rings (SSSR count). The first-order valence-electron chi connectivity index (χ1n) is 6.51. The molecule has 0 fully saturated rings. The van der Waals surface area contributed by atoms with Gasteiger partial charge >= 0.3 is 0 Å². The van der Waals surface area contributed by atoms with Crippen molar-refractivity contribution in [1.29, 1.82) is 0 Å². The van der Waals surface area contributed by atoms with Crippen LogP contribution in [0.1, 0.15) is 17.5 Å². The number of hydrogen-bond acceptors (Lipinski definition) is 1. The first kappa shape index (κ1) is 11.9. The van der Waals surface area contributed by atoms with Crippen molar-refractivity contribution in [2.75, 3.05) is 0 Å². The van der Waals surface area contributed by atoms with Crippen LogP contribution in [0.4, 0.5) is 0 Å². The molecule has 0 aromatic heterocycles. The minimum atomic E-state index is -0.933. The van der Waals surface area contributed by atoms with Gasteiger partial charge < -0.3 is 5.11 Å². The summed E-state index contributed by atoms with van der Waals surface area (Å²) in [7, 11) is 0. The summed E-state index contributed by atoms with van der Waals surface area (Å²) < 4.78 is 0. The van der Waals surface area contributed by atoms with E-state index < -0.39 is 5.60 Å². The molecular formula is C18H16O. The average molecular weight is 248 g/mol. The highest BCUT2D eigenvalue weighted by Crippen LogP contribution is 2.41. The van der Waals surface area contributed by atoms with Crippen LogP contribution in [0.25, 0.3) is 5.57 Å². The summed E-state index contributed by atoms with van der Waals surface area (Å²) in [6, 6.07) is 19.9. The van der Waals surface area contributed by atoms with E-state index >= 15 is 0 Å². The van der Waals surface area contributed by atoms with Crippen LogP contribution in [0.3, 0.4) is 0 Å². The highest BCUT2D eigenvalue weighted by molar-refractivity contribution is 5.76. The summed E-state index contributed by atoms with van der Waals surface area (Å²) in [6.45, 7) is 0. The van der Waals surface area contributed by atoms with Gasteiger partial charge in [0.25, 0.3) is 0 Å². The number of aliphatic hydroxyl groups is 1. The Balaban J connectivity index is 2.11. The quantitative estimate of drug-likeness (QED) is 0.854.